The van der Waals surface area contributed by atoms with Gasteiger partial charge < -0.3 is 9.64 Å². The van der Waals surface area contributed by atoms with Gasteiger partial charge in [-0.1, -0.05) is 48.0 Å². The van der Waals surface area contributed by atoms with Crippen LogP contribution in [-0.2, 0) is 11.3 Å². The van der Waals surface area contributed by atoms with Gasteiger partial charge in [0.05, 0.1) is 0 Å². The summed E-state index contributed by atoms with van der Waals surface area (Å²) >= 11 is 5.98. The van der Waals surface area contributed by atoms with E-state index in [1.54, 1.807) is 29.2 Å². The first-order valence-corrected chi connectivity index (χ1v) is 10.2. The lowest BCUT2D eigenvalue weighted by Crippen LogP contribution is -2.49. The van der Waals surface area contributed by atoms with Crippen molar-refractivity contribution in [1.82, 2.24) is 9.80 Å². The van der Waals surface area contributed by atoms with Gasteiger partial charge in [-0.2, -0.15) is 0 Å². The largest absolute Gasteiger partial charge is 0.444 e. The number of ether oxygens (including phenoxy) is 1. The molecular weight excluding hydrogens is 388 g/mol. The molecule has 0 spiro atoms. The van der Waals surface area contributed by atoms with Gasteiger partial charge in [-0.3, -0.25) is 9.69 Å². The first kappa shape index (κ1) is 21.3. The molecule has 6 heteroatoms. The maximum Gasteiger partial charge on any atom is 0.410 e. The van der Waals surface area contributed by atoms with Gasteiger partial charge in [0.2, 0.25) is 0 Å². The number of piperazine rings is 1. The zero-order chi connectivity index (χ0) is 21.0. The van der Waals surface area contributed by atoms with Gasteiger partial charge in [0, 0.05) is 48.9 Å². The number of amides is 1. The highest BCUT2D eigenvalue weighted by molar-refractivity contribution is 6.31. The summed E-state index contributed by atoms with van der Waals surface area (Å²) in [5, 5.41) is 0.554. The predicted molar refractivity (Wildman–Crippen MR) is 114 cm³/mol. The normalized spacial score (nSPS) is 15.2. The van der Waals surface area contributed by atoms with Gasteiger partial charge in [0.15, 0.2) is 5.78 Å². The summed E-state index contributed by atoms with van der Waals surface area (Å²) in [6, 6.07) is 14.7. The Labute approximate surface area is 177 Å². The number of rotatable bonds is 4. The number of halogens is 1. The molecule has 1 saturated heterocycles. The summed E-state index contributed by atoms with van der Waals surface area (Å²) in [4.78, 5) is 28.8. The van der Waals surface area contributed by atoms with Gasteiger partial charge in [-0.25, -0.2) is 4.79 Å². The lowest BCUT2D eigenvalue weighted by atomic mass is 10.0. The molecule has 2 aromatic carbocycles. The van der Waals surface area contributed by atoms with E-state index in [2.05, 4.69) is 4.90 Å². The highest BCUT2D eigenvalue weighted by Gasteiger charge is 2.25. The monoisotopic (exact) mass is 414 g/mol. The third-order valence-corrected chi connectivity index (χ3v) is 4.97. The second kappa shape index (κ2) is 8.97. The Balaban J connectivity index is 1.53. The molecule has 1 aliphatic heterocycles. The van der Waals surface area contributed by atoms with Crippen LogP contribution >= 0.6 is 11.6 Å². The van der Waals surface area contributed by atoms with Crippen molar-refractivity contribution in [2.24, 2.45) is 0 Å². The number of carbonyl (C=O) groups is 2. The topological polar surface area (TPSA) is 49.9 Å². The SMILES string of the molecule is CC(C)(C)OC(=O)N1CCN(Cc2ccc(C(=O)c3cccc(Cl)c3)cc2)CC1. The molecular formula is C23H27ClN2O3. The molecule has 0 aromatic heterocycles. The van der Waals surface area contributed by atoms with Crippen molar-refractivity contribution in [2.45, 2.75) is 32.9 Å². The van der Waals surface area contributed by atoms with E-state index in [-0.39, 0.29) is 11.9 Å². The molecule has 1 amide bonds. The number of benzene rings is 2. The molecule has 3 rings (SSSR count). The van der Waals surface area contributed by atoms with Crippen LogP contribution in [0.1, 0.15) is 42.3 Å². The molecule has 0 aliphatic carbocycles. The van der Waals surface area contributed by atoms with E-state index in [1.165, 1.54) is 0 Å². The second-order valence-electron chi connectivity index (χ2n) is 8.28. The van der Waals surface area contributed by atoms with E-state index in [4.69, 9.17) is 16.3 Å². The van der Waals surface area contributed by atoms with Crippen LogP contribution in [-0.4, -0.2) is 53.5 Å². The molecule has 2 aromatic rings. The molecule has 0 unspecified atom stereocenters. The van der Waals surface area contributed by atoms with Crippen LogP contribution in [0.2, 0.25) is 5.02 Å². The van der Waals surface area contributed by atoms with Gasteiger partial charge in [0.1, 0.15) is 5.60 Å². The van der Waals surface area contributed by atoms with Crippen LogP contribution in [0.5, 0.6) is 0 Å². The van der Waals surface area contributed by atoms with E-state index in [9.17, 15) is 9.59 Å². The maximum absolute atomic E-state index is 12.6. The smallest absolute Gasteiger partial charge is 0.410 e. The van der Waals surface area contributed by atoms with Crippen LogP contribution in [0.3, 0.4) is 0 Å². The second-order valence-corrected chi connectivity index (χ2v) is 8.72. The minimum Gasteiger partial charge on any atom is -0.444 e. The Hall–Kier alpha value is -2.37. The number of hydrogen-bond acceptors (Lipinski definition) is 4. The van der Waals surface area contributed by atoms with Crippen LogP contribution in [0, 0.1) is 0 Å². The number of nitrogens with zero attached hydrogens (tertiary/aromatic N) is 2. The molecule has 1 heterocycles. The summed E-state index contributed by atoms with van der Waals surface area (Å²) < 4.78 is 5.44. The Bertz CT molecular complexity index is 866. The predicted octanol–water partition coefficient (Wildman–Crippen LogP) is 4.62. The van der Waals surface area contributed by atoms with Crippen molar-refractivity contribution in [3.05, 3.63) is 70.2 Å². The Morgan fingerprint density at radius 1 is 0.966 bits per heavy atom. The lowest BCUT2D eigenvalue weighted by Gasteiger charge is -2.35. The number of carbonyl (C=O) groups excluding carboxylic acids is 2. The zero-order valence-corrected chi connectivity index (χ0v) is 17.9. The number of hydrogen-bond donors (Lipinski definition) is 0. The fraction of sp³-hybridized carbons (Fsp3) is 0.391. The summed E-state index contributed by atoms with van der Waals surface area (Å²) in [5.41, 5.74) is 1.89. The maximum atomic E-state index is 12.6. The van der Waals surface area contributed by atoms with E-state index in [0.717, 1.165) is 25.2 Å². The molecule has 0 radical (unpaired) electrons. The molecule has 0 bridgehead atoms. The molecule has 154 valence electrons. The summed E-state index contributed by atoms with van der Waals surface area (Å²) in [6.07, 6.45) is -0.249. The first-order valence-electron chi connectivity index (χ1n) is 9.81. The van der Waals surface area contributed by atoms with Crippen molar-refractivity contribution in [3.63, 3.8) is 0 Å². The highest BCUT2D eigenvalue weighted by atomic mass is 35.5. The molecule has 0 atom stereocenters. The van der Waals surface area contributed by atoms with Gasteiger partial charge in [0.25, 0.3) is 0 Å². The third kappa shape index (κ3) is 6.05. The first-order chi connectivity index (χ1) is 13.7. The summed E-state index contributed by atoms with van der Waals surface area (Å²) in [7, 11) is 0. The van der Waals surface area contributed by atoms with Gasteiger partial charge >= 0.3 is 6.09 Å². The summed E-state index contributed by atoms with van der Waals surface area (Å²) in [6.45, 7) is 9.31. The Kier molecular flexibility index (Phi) is 6.60. The lowest BCUT2D eigenvalue weighted by molar-refractivity contribution is 0.0139. The number of ketones is 1. The van der Waals surface area contributed by atoms with E-state index < -0.39 is 5.60 Å². The average Bonchev–Trinajstić information content (AvgIpc) is 2.67. The minimum atomic E-state index is -0.474. The average molecular weight is 415 g/mol. The Morgan fingerprint density at radius 2 is 1.62 bits per heavy atom. The molecule has 0 N–H and O–H groups in total. The van der Waals surface area contributed by atoms with Crippen molar-refractivity contribution >= 4 is 23.5 Å². The molecule has 5 nitrogen and oxygen atoms in total. The van der Waals surface area contributed by atoms with Crippen molar-refractivity contribution in [2.75, 3.05) is 26.2 Å². The molecule has 1 aliphatic rings. The standard InChI is InChI=1S/C23H27ClN2O3/c1-23(2,3)29-22(28)26-13-11-25(12-14-26)16-17-7-9-18(10-8-17)21(27)19-5-4-6-20(24)15-19/h4-10,15H,11-14,16H2,1-3H3. The zero-order valence-electron chi connectivity index (χ0n) is 17.2. The van der Waals surface area contributed by atoms with Gasteiger partial charge in [-0.05, 0) is 38.5 Å². The quantitative estimate of drug-likeness (QED) is 0.685. The van der Waals surface area contributed by atoms with Crippen molar-refractivity contribution in [1.29, 1.82) is 0 Å². The van der Waals surface area contributed by atoms with Crippen LogP contribution in [0.4, 0.5) is 4.79 Å². The van der Waals surface area contributed by atoms with Crippen LogP contribution in [0.25, 0.3) is 0 Å². The fourth-order valence-corrected chi connectivity index (χ4v) is 3.42. The van der Waals surface area contributed by atoms with Crippen LogP contribution in [0.15, 0.2) is 48.5 Å². The van der Waals surface area contributed by atoms with E-state index in [1.807, 2.05) is 45.0 Å². The molecule has 29 heavy (non-hydrogen) atoms. The van der Waals surface area contributed by atoms with Gasteiger partial charge in [-0.15, -0.1) is 0 Å². The van der Waals surface area contributed by atoms with Crippen molar-refractivity contribution < 1.29 is 14.3 Å². The Morgan fingerprint density at radius 3 is 2.21 bits per heavy atom. The highest BCUT2D eigenvalue weighted by Crippen LogP contribution is 2.17. The minimum absolute atomic E-state index is 0.0370. The summed E-state index contributed by atoms with van der Waals surface area (Å²) in [5.74, 6) is -0.0370. The van der Waals surface area contributed by atoms with Crippen LogP contribution < -0.4 is 0 Å². The third-order valence-electron chi connectivity index (χ3n) is 4.73. The van der Waals surface area contributed by atoms with E-state index in [0.29, 0.717) is 29.2 Å². The molecule has 1 fully saturated rings. The van der Waals surface area contributed by atoms with E-state index >= 15 is 0 Å². The fourth-order valence-electron chi connectivity index (χ4n) is 3.23. The molecule has 0 saturated carbocycles. The van der Waals surface area contributed by atoms with Crippen molar-refractivity contribution in [3.8, 4) is 0 Å².